The van der Waals surface area contributed by atoms with Crippen molar-refractivity contribution in [3.63, 3.8) is 0 Å². The van der Waals surface area contributed by atoms with Gasteiger partial charge >= 0.3 is 0 Å². The summed E-state index contributed by atoms with van der Waals surface area (Å²) in [7, 11) is 2.80. The number of carbonyl (C=O) groups excluding carboxylic acids is 2. The molecule has 0 radical (unpaired) electrons. The number of fused-ring (bicyclic) bond motifs is 1. The molecule has 5 rings (SSSR count). The van der Waals surface area contributed by atoms with E-state index in [0.29, 0.717) is 11.4 Å². The van der Waals surface area contributed by atoms with Crippen LogP contribution in [0.2, 0.25) is 0 Å². The minimum Gasteiger partial charge on any atom is -0.493 e. The average molecular weight is 504 g/mol. The highest BCUT2D eigenvalue weighted by molar-refractivity contribution is 6.24. The Bertz CT molecular complexity index is 1360. The second kappa shape index (κ2) is 9.55. The number of imide groups is 1. The fourth-order valence-corrected chi connectivity index (χ4v) is 4.94. The predicted octanol–water partition coefficient (Wildman–Crippen LogP) is 4.23. The third-order valence-corrected chi connectivity index (χ3v) is 6.78. The number of aryl methyl sites for hydroxylation is 1. The molecule has 2 heterocycles. The molecular weight excluding hydrogens is 478 g/mol. The molecule has 2 fully saturated rings. The Labute approximate surface area is 213 Å². The Morgan fingerprint density at radius 2 is 1.57 bits per heavy atom. The quantitative estimate of drug-likeness (QED) is 0.268. The van der Waals surface area contributed by atoms with Gasteiger partial charge in [-0.15, -0.1) is 0 Å². The number of amides is 2. The zero-order chi connectivity index (χ0) is 26.3. The van der Waals surface area contributed by atoms with E-state index < -0.39 is 34.8 Å². The molecule has 0 bridgehead atoms. The molecule has 10 heteroatoms. The summed E-state index contributed by atoms with van der Waals surface area (Å²) in [5.41, 5.74) is 1.93. The van der Waals surface area contributed by atoms with Crippen LogP contribution in [-0.4, -0.2) is 37.1 Å². The summed E-state index contributed by atoms with van der Waals surface area (Å²) in [4.78, 5) is 46.2. The number of nitrogens with zero attached hydrogens (tertiary/aromatic N) is 3. The molecule has 0 saturated carbocycles. The Hall–Kier alpha value is -4.44. The molecule has 37 heavy (non-hydrogen) atoms. The van der Waals surface area contributed by atoms with Gasteiger partial charge in [0, 0.05) is 0 Å². The van der Waals surface area contributed by atoms with Crippen LogP contribution in [0.3, 0.4) is 0 Å². The van der Waals surface area contributed by atoms with Gasteiger partial charge in [0.25, 0.3) is 11.6 Å². The molecule has 0 spiro atoms. The highest BCUT2D eigenvalue weighted by atomic mass is 16.7. The molecule has 0 aromatic heterocycles. The second-order valence-electron chi connectivity index (χ2n) is 8.71. The van der Waals surface area contributed by atoms with E-state index in [0.717, 1.165) is 16.9 Å². The maximum Gasteiger partial charge on any atom is 0.278 e. The van der Waals surface area contributed by atoms with Crippen molar-refractivity contribution in [3.8, 4) is 11.5 Å². The van der Waals surface area contributed by atoms with Crippen LogP contribution >= 0.6 is 0 Å². The van der Waals surface area contributed by atoms with Crippen molar-refractivity contribution in [1.82, 2.24) is 0 Å². The van der Waals surface area contributed by atoms with Gasteiger partial charge in [0.2, 0.25) is 5.91 Å². The monoisotopic (exact) mass is 503 g/mol. The topological polar surface area (TPSA) is 111 Å². The van der Waals surface area contributed by atoms with Crippen LogP contribution in [-0.2, 0) is 20.8 Å². The molecule has 2 aliphatic rings. The summed E-state index contributed by atoms with van der Waals surface area (Å²) in [6, 6.07) is 17.8. The summed E-state index contributed by atoms with van der Waals surface area (Å²) in [6.45, 7) is 2.01. The predicted molar refractivity (Wildman–Crippen MR) is 135 cm³/mol. The number of nitro benzene ring substituents is 1. The third-order valence-electron chi connectivity index (χ3n) is 6.78. The number of methoxy groups -OCH3 is 2. The van der Waals surface area contributed by atoms with E-state index in [1.165, 1.54) is 31.4 Å². The van der Waals surface area contributed by atoms with Crippen LogP contribution in [0.4, 0.5) is 17.1 Å². The van der Waals surface area contributed by atoms with Crippen molar-refractivity contribution in [1.29, 1.82) is 0 Å². The third kappa shape index (κ3) is 3.95. The van der Waals surface area contributed by atoms with Crippen LogP contribution in [0.5, 0.6) is 11.5 Å². The summed E-state index contributed by atoms with van der Waals surface area (Å²) in [6.07, 6.45) is -0.343. The molecule has 3 aromatic rings. The molecule has 10 nitrogen and oxygen atoms in total. The van der Waals surface area contributed by atoms with E-state index in [4.69, 9.17) is 14.3 Å². The van der Waals surface area contributed by atoms with Crippen molar-refractivity contribution < 1.29 is 28.8 Å². The maximum atomic E-state index is 13.8. The molecule has 2 aliphatic heterocycles. The van der Waals surface area contributed by atoms with Gasteiger partial charge in [-0.05, 0) is 42.3 Å². The first kappa shape index (κ1) is 24.3. The zero-order valence-corrected chi connectivity index (χ0v) is 20.5. The van der Waals surface area contributed by atoms with Crippen molar-refractivity contribution in [2.24, 2.45) is 5.92 Å². The van der Waals surface area contributed by atoms with E-state index in [1.54, 1.807) is 36.4 Å². The van der Waals surface area contributed by atoms with E-state index in [9.17, 15) is 19.7 Å². The highest BCUT2D eigenvalue weighted by Crippen LogP contribution is 2.51. The first-order chi connectivity index (χ1) is 17.9. The number of rotatable bonds is 7. The van der Waals surface area contributed by atoms with E-state index in [-0.39, 0.29) is 22.7 Å². The lowest BCUT2D eigenvalue weighted by molar-refractivity contribution is -0.385. The van der Waals surface area contributed by atoms with Crippen LogP contribution in [0.25, 0.3) is 0 Å². The lowest BCUT2D eigenvalue weighted by Crippen LogP contribution is -2.37. The van der Waals surface area contributed by atoms with Gasteiger partial charge in [0.15, 0.2) is 17.6 Å². The maximum absolute atomic E-state index is 13.8. The standard InChI is InChI=1S/C27H25N3O7/c1-4-16-10-12-17(13-11-16)28-26(31)23-24(19-14-21(35-2)22(36-3)15-20(19)30(33)34)29(37-25(23)27(28)32)18-8-6-5-7-9-18/h5-15,23-25H,4H2,1-3H3/t23-,24-,25+/m0/s1. The van der Waals surface area contributed by atoms with E-state index >= 15 is 0 Å². The average Bonchev–Trinajstić information content (AvgIpc) is 3.43. The number of nitro groups is 1. The summed E-state index contributed by atoms with van der Waals surface area (Å²) >= 11 is 0. The highest BCUT2D eigenvalue weighted by Gasteiger charge is 2.61. The van der Waals surface area contributed by atoms with E-state index in [2.05, 4.69) is 0 Å². The van der Waals surface area contributed by atoms with Crippen LogP contribution < -0.4 is 19.4 Å². The molecule has 3 atom stereocenters. The summed E-state index contributed by atoms with van der Waals surface area (Å²) < 4.78 is 10.7. The summed E-state index contributed by atoms with van der Waals surface area (Å²) in [5.74, 6) is -1.62. The lowest BCUT2D eigenvalue weighted by Gasteiger charge is -2.29. The number of anilines is 2. The minimum absolute atomic E-state index is 0.170. The number of hydroxylamine groups is 1. The molecule has 0 aliphatic carbocycles. The number of hydrogen-bond donors (Lipinski definition) is 0. The molecular formula is C27H25N3O7. The largest absolute Gasteiger partial charge is 0.493 e. The Balaban J connectivity index is 1.66. The first-order valence-corrected chi connectivity index (χ1v) is 11.8. The molecule has 190 valence electrons. The number of hydrogen-bond acceptors (Lipinski definition) is 8. The lowest BCUT2D eigenvalue weighted by atomic mass is 9.89. The van der Waals surface area contributed by atoms with E-state index in [1.807, 2.05) is 25.1 Å². The number of carbonyl (C=O) groups is 2. The fourth-order valence-electron chi connectivity index (χ4n) is 4.94. The minimum atomic E-state index is -1.16. The molecule has 0 unspecified atom stereocenters. The molecule has 2 amide bonds. The molecule has 0 N–H and O–H groups in total. The van der Waals surface area contributed by atoms with Crippen molar-refractivity contribution in [2.45, 2.75) is 25.5 Å². The molecule has 2 saturated heterocycles. The van der Waals surface area contributed by atoms with Crippen LogP contribution in [0, 0.1) is 16.0 Å². The smallest absolute Gasteiger partial charge is 0.278 e. The van der Waals surface area contributed by atoms with Gasteiger partial charge in [-0.3, -0.25) is 24.5 Å². The van der Waals surface area contributed by atoms with Gasteiger partial charge in [0.05, 0.1) is 42.1 Å². The van der Waals surface area contributed by atoms with Gasteiger partial charge < -0.3 is 9.47 Å². The fraction of sp³-hybridized carbons (Fsp3) is 0.259. The van der Waals surface area contributed by atoms with Gasteiger partial charge in [-0.25, -0.2) is 9.96 Å². The SMILES string of the molecule is CCc1ccc(N2C(=O)[C@@H]3[C@@H](ON(c4ccccc4)[C@H]3c3cc(OC)c(OC)cc3[N+](=O)[O-])C2=O)cc1. The second-order valence-corrected chi connectivity index (χ2v) is 8.71. The number of benzene rings is 3. The van der Waals surface area contributed by atoms with Crippen LogP contribution in [0.15, 0.2) is 66.7 Å². The van der Waals surface area contributed by atoms with Gasteiger partial charge in [0.1, 0.15) is 12.0 Å². The Morgan fingerprint density at radius 3 is 2.16 bits per heavy atom. The zero-order valence-electron chi connectivity index (χ0n) is 20.5. The normalized spacial score (nSPS) is 20.8. The van der Waals surface area contributed by atoms with Crippen molar-refractivity contribution in [2.75, 3.05) is 24.2 Å². The van der Waals surface area contributed by atoms with Gasteiger partial charge in [-0.2, -0.15) is 0 Å². The van der Waals surface area contributed by atoms with Crippen molar-refractivity contribution >= 4 is 28.9 Å². The van der Waals surface area contributed by atoms with Crippen molar-refractivity contribution in [3.05, 3.63) is 88.0 Å². The Kier molecular flexibility index (Phi) is 6.26. The van der Waals surface area contributed by atoms with Gasteiger partial charge in [-0.1, -0.05) is 37.3 Å². The van der Waals surface area contributed by atoms with Crippen LogP contribution in [0.1, 0.15) is 24.1 Å². The summed E-state index contributed by atoms with van der Waals surface area (Å²) in [5, 5.41) is 13.6. The Morgan fingerprint density at radius 1 is 0.919 bits per heavy atom. The molecule has 3 aromatic carbocycles. The number of ether oxygens (including phenoxy) is 2. The number of para-hydroxylation sites is 1. The first-order valence-electron chi connectivity index (χ1n) is 11.8.